The Balaban J connectivity index is 1.54. The zero-order valence-electron chi connectivity index (χ0n) is 21.9. The predicted molar refractivity (Wildman–Crippen MR) is 155 cm³/mol. The summed E-state index contributed by atoms with van der Waals surface area (Å²) in [6.07, 6.45) is 1.73. The van der Waals surface area contributed by atoms with Crippen molar-refractivity contribution in [3.63, 3.8) is 0 Å². The number of carbonyl (C=O) groups excluding carboxylic acids is 1. The molecule has 0 unspecified atom stereocenters. The maximum Gasteiger partial charge on any atom is 0.255 e. The maximum atomic E-state index is 13.0. The van der Waals surface area contributed by atoms with E-state index in [1.54, 1.807) is 29.5 Å². The van der Waals surface area contributed by atoms with Gasteiger partial charge in [-0.3, -0.25) is 4.79 Å². The van der Waals surface area contributed by atoms with E-state index in [2.05, 4.69) is 81.6 Å². The first-order valence-electron chi connectivity index (χ1n) is 12.4. The minimum Gasteiger partial charge on any atom is -0.508 e. The number of carbonyl (C=O) groups is 1. The molecule has 192 valence electrons. The first-order chi connectivity index (χ1) is 16.8. The highest BCUT2D eigenvalue weighted by Gasteiger charge is 2.29. The summed E-state index contributed by atoms with van der Waals surface area (Å²) in [6.45, 7) is 14.1. The molecule has 0 bridgehead atoms. The number of likely N-dealkylation sites (tertiary alicyclic amines) is 1. The van der Waals surface area contributed by atoms with Crippen molar-refractivity contribution in [2.24, 2.45) is 0 Å². The summed E-state index contributed by atoms with van der Waals surface area (Å²) >= 11 is 3.82. The smallest absolute Gasteiger partial charge is 0.255 e. The molecule has 2 aromatic carbocycles. The van der Waals surface area contributed by atoms with Gasteiger partial charge < -0.3 is 15.1 Å². The van der Waals surface area contributed by atoms with Crippen molar-refractivity contribution in [1.82, 2.24) is 9.88 Å². The van der Waals surface area contributed by atoms with E-state index in [0.29, 0.717) is 30.3 Å². The number of halogens is 1. The van der Waals surface area contributed by atoms with Crippen molar-refractivity contribution in [2.45, 2.75) is 71.1 Å². The third-order valence-electron chi connectivity index (χ3n) is 6.86. The first kappa shape index (κ1) is 26.9. The Morgan fingerprint density at radius 1 is 1.00 bits per heavy atom. The Morgan fingerprint density at radius 2 is 1.58 bits per heavy atom. The van der Waals surface area contributed by atoms with E-state index in [9.17, 15) is 15.0 Å². The number of aromatic nitrogens is 1. The van der Waals surface area contributed by atoms with E-state index in [-0.39, 0.29) is 22.5 Å². The van der Waals surface area contributed by atoms with E-state index < -0.39 is 0 Å². The summed E-state index contributed by atoms with van der Waals surface area (Å²) in [7, 11) is 0. The summed E-state index contributed by atoms with van der Waals surface area (Å²) in [5, 5.41) is 24.1. The summed E-state index contributed by atoms with van der Waals surface area (Å²) in [6, 6.07) is 9.10. The number of nitrogens with zero attached hydrogens (tertiary/aromatic N) is 2. The number of benzene rings is 2. The molecule has 1 aliphatic heterocycles. The van der Waals surface area contributed by atoms with Crippen LogP contribution in [-0.4, -0.2) is 39.1 Å². The molecule has 0 atom stereocenters. The van der Waals surface area contributed by atoms with Gasteiger partial charge in [0.2, 0.25) is 0 Å². The topological polar surface area (TPSA) is 73.7 Å². The van der Waals surface area contributed by atoms with E-state index in [0.717, 1.165) is 43.8 Å². The minimum atomic E-state index is -0.189. The Morgan fingerprint density at radius 3 is 2.14 bits per heavy atom. The van der Waals surface area contributed by atoms with Gasteiger partial charge in [-0.1, -0.05) is 41.5 Å². The zero-order valence-corrected chi connectivity index (χ0v) is 24.8. The van der Waals surface area contributed by atoms with Crippen LogP contribution in [0.3, 0.4) is 0 Å². The molecule has 1 aromatic heterocycles. The third kappa shape index (κ3) is 5.57. The second kappa shape index (κ2) is 9.97. The van der Waals surface area contributed by atoms with Crippen molar-refractivity contribution in [3.8, 4) is 22.8 Å². The number of amides is 1. The molecular formula is C29H35IN2O3S. The van der Waals surface area contributed by atoms with E-state index >= 15 is 0 Å². The monoisotopic (exact) mass is 618 g/mol. The molecule has 1 saturated heterocycles. The Labute approximate surface area is 231 Å². The van der Waals surface area contributed by atoms with Crippen molar-refractivity contribution in [3.05, 3.63) is 61.0 Å². The van der Waals surface area contributed by atoms with Crippen LogP contribution in [0.25, 0.3) is 11.3 Å². The number of hydrogen-bond donors (Lipinski definition) is 2. The lowest BCUT2D eigenvalue weighted by Crippen LogP contribution is -2.38. The molecule has 4 rings (SSSR count). The Hall–Kier alpha value is -2.13. The van der Waals surface area contributed by atoms with Crippen LogP contribution in [0.15, 0.2) is 35.7 Å². The molecule has 36 heavy (non-hydrogen) atoms. The van der Waals surface area contributed by atoms with Gasteiger partial charge in [-0.15, -0.1) is 11.3 Å². The molecule has 0 saturated carbocycles. The lowest BCUT2D eigenvalue weighted by atomic mass is 9.78. The predicted octanol–water partition coefficient (Wildman–Crippen LogP) is 7.44. The fourth-order valence-electron chi connectivity index (χ4n) is 4.71. The molecular weight excluding hydrogens is 583 g/mol. The second-order valence-electron chi connectivity index (χ2n) is 11.7. The molecule has 0 aliphatic carbocycles. The van der Waals surface area contributed by atoms with Gasteiger partial charge in [0, 0.05) is 44.6 Å². The number of aromatic hydroxyl groups is 2. The van der Waals surface area contributed by atoms with Crippen LogP contribution in [0.2, 0.25) is 0 Å². The van der Waals surface area contributed by atoms with Crippen LogP contribution in [-0.2, 0) is 10.8 Å². The fourth-order valence-corrected chi connectivity index (χ4v) is 6.28. The lowest BCUT2D eigenvalue weighted by Gasteiger charge is -2.31. The SMILES string of the molecule is CC(C)(C)c1cc(-c2csc(C3CCN(C(=O)c4cc(O)ccc4I)CC3)n2)cc(C(C)(C)C)c1O. The van der Waals surface area contributed by atoms with Gasteiger partial charge >= 0.3 is 0 Å². The molecule has 7 heteroatoms. The maximum absolute atomic E-state index is 13.0. The zero-order chi connectivity index (χ0) is 26.4. The van der Waals surface area contributed by atoms with Gasteiger partial charge in [-0.2, -0.15) is 0 Å². The van der Waals surface area contributed by atoms with Crippen LogP contribution in [0.4, 0.5) is 0 Å². The van der Waals surface area contributed by atoms with Crippen molar-refractivity contribution in [1.29, 1.82) is 0 Å². The highest BCUT2D eigenvalue weighted by Crippen LogP contribution is 2.42. The summed E-state index contributed by atoms with van der Waals surface area (Å²) < 4.78 is 0.847. The first-order valence-corrected chi connectivity index (χ1v) is 14.3. The van der Waals surface area contributed by atoms with E-state index in [1.165, 1.54) is 0 Å². The van der Waals surface area contributed by atoms with Crippen molar-refractivity contribution < 1.29 is 15.0 Å². The molecule has 3 aromatic rings. The standard InChI is InChI=1S/C29H35IN2O3S/c1-28(2,3)21-13-18(14-22(25(21)34)29(4,5)6)24-16-36-26(31-24)17-9-11-32(12-10-17)27(35)20-15-19(33)7-8-23(20)30/h7-8,13-17,33-34H,9-12H2,1-6H3. The van der Waals surface area contributed by atoms with Gasteiger partial charge in [0.1, 0.15) is 11.5 Å². The third-order valence-corrected chi connectivity index (χ3v) is 8.80. The van der Waals surface area contributed by atoms with Crippen LogP contribution >= 0.6 is 33.9 Å². The van der Waals surface area contributed by atoms with Gasteiger partial charge in [0.15, 0.2) is 0 Å². The average Bonchev–Trinajstić information content (AvgIpc) is 3.29. The summed E-state index contributed by atoms with van der Waals surface area (Å²) in [4.78, 5) is 20.0. The minimum absolute atomic E-state index is 0.0258. The molecule has 2 N–H and O–H groups in total. The highest BCUT2D eigenvalue weighted by molar-refractivity contribution is 14.1. The Bertz CT molecular complexity index is 1240. The van der Waals surface area contributed by atoms with E-state index in [1.807, 2.05) is 4.90 Å². The van der Waals surface area contributed by atoms with Crippen LogP contribution in [0.1, 0.15) is 86.8 Å². The van der Waals surface area contributed by atoms with Crippen LogP contribution in [0.5, 0.6) is 11.5 Å². The number of hydrogen-bond acceptors (Lipinski definition) is 5. The molecule has 1 amide bonds. The molecule has 0 radical (unpaired) electrons. The number of piperidine rings is 1. The van der Waals surface area contributed by atoms with Gasteiger partial charge in [0.05, 0.1) is 16.3 Å². The molecule has 5 nitrogen and oxygen atoms in total. The normalized spacial score (nSPS) is 15.4. The van der Waals surface area contributed by atoms with Gasteiger partial charge in [-0.25, -0.2) is 4.98 Å². The highest BCUT2D eigenvalue weighted by atomic mass is 127. The number of rotatable bonds is 3. The van der Waals surface area contributed by atoms with Gasteiger partial charge in [-0.05, 0) is 76.6 Å². The molecule has 1 fully saturated rings. The number of thiazole rings is 1. The fraction of sp³-hybridized carbons (Fsp3) is 0.448. The van der Waals surface area contributed by atoms with E-state index in [4.69, 9.17) is 4.98 Å². The van der Waals surface area contributed by atoms with Gasteiger partial charge in [0.25, 0.3) is 5.91 Å². The Kier molecular flexibility index (Phi) is 7.45. The largest absolute Gasteiger partial charge is 0.508 e. The van der Waals surface area contributed by atoms with Crippen molar-refractivity contribution >= 4 is 39.8 Å². The molecule has 2 heterocycles. The number of phenolic OH excluding ortho intramolecular Hbond substituents is 2. The second-order valence-corrected chi connectivity index (χ2v) is 13.8. The van der Waals surface area contributed by atoms with Crippen LogP contribution < -0.4 is 0 Å². The molecule has 1 aliphatic rings. The molecule has 0 spiro atoms. The summed E-state index contributed by atoms with van der Waals surface area (Å²) in [5.41, 5.74) is 4.04. The average molecular weight is 619 g/mol. The summed E-state index contributed by atoms with van der Waals surface area (Å²) in [5.74, 6) is 0.787. The number of phenols is 2. The lowest BCUT2D eigenvalue weighted by molar-refractivity contribution is 0.0711. The van der Waals surface area contributed by atoms with Crippen molar-refractivity contribution in [2.75, 3.05) is 13.1 Å². The quantitative estimate of drug-likeness (QED) is 0.300. The van der Waals surface area contributed by atoms with Crippen LogP contribution in [0, 0.1) is 3.57 Å².